The molecule has 0 aliphatic carbocycles. The first-order valence-corrected chi connectivity index (χ1v) is 7.12. The Hall–Kier alpha value is -1.38. The van der Waals surface area contributed by atoms with E-state index < -0.39 is 10.0 Å². The molecule has 2 aromatic rings. The lowest BCUT2D eigenvalue weighted by Gasteiger charge is -2.06. The van der Waals surface area contributed by atoms with Gasteiger partial charge in [-0.05, 0) is 34.1 Å². The monoisotopic (exact) mass is 332 g/mol. The molecule has 0 aromatic carbocycles. The van der Waals surface area contributed by atoms with Gasteiger partial charge in [0, 0.05) is 12.4 Å². The highest BCUT2D eigenvalue weighted by Crippen LogP contribution is 2.24. The van der Waals surface area contributed by atoms with Gasteiger partial charge in [-0.15, -0.1) is 0 Å². The van der Waals surface area contributed by atoms with Crippen LogP contribution in [0.3, 0.4) is 0 Å². The highest BCUT2D eigenvalue weighted by molar-refractivity contribution is 9.10. The maximum absolute atomic E-state index is 12.0. The summed E-state index contributed by atoms with van der Waals surface area (Å²) in [6, 6.07) is 4.19. The van der Waals surface area contributed by atoms with Gasteiger partial charge in [-0.3, -0.25) is 9.71 Å². The van der Waals surface area contributed by atoms with Crippen molar-refractivity contribution in [1.29, 1.82) is 0 Å². The third-order valence-electron chi connectivity index (χ3n) is 2.07. The van der Waals surface area contributed by atoms with Crippen molar-refractivity contribution in [1.82, 2.24) is 4.98 Å². The molecule has 0 unspecified atom stereocenters. The Morgan fingerprint density at radius 2 is 2.17 bits per heavy atom. The van der Waals surface area contributed by atoms with Gasteiger partial charge in [-0.25, -0.2) is 0 Å². The van der Waals surface area contributed by atoms with E-state index in [9.17, 15) is 8.42 Å². The van der Waals surface area contributed by atoms with Crippen LogP contribution in [-0.2, 0) is 16.6 Å². The zero-order chi connectivity index (χ0) is 13.2. The van der Waals surface area contributed by atoms with E-state index in [1.54, 1.807) is 0 Å². The molecule has 0 atom stereocenters. The summed E-state index contributed by atoms with van der Waals surface area (Å²) < 4.78 is 31.8. The maximum atomic E-state index is 12.0. The Kier molecular flexibility index (Phi) is 3.69. The summed E-state index contributed by atoms with van der Waals surface area (Å²) in [6.07, 6.45) is 2.93. The van der Waals surface area contributed by atoms with Gasteiger partial charge in [0.15, 0.2) is 0 Å². The molecule has 2 N–H and O–H groups in total. The number of anilines is 1. The Bertz CT molecular complexity index is 653. The topological polar surface area (TPSA) is 92.4 Å². The van der Waals surface area contributed by atoms with Crippen molar-refractivity contribution in [3.8, 4) is 0 Å². The van der Waals surface area contributed by atoms with Crippen LogP contribution in [0.15, 0.2) is 44.6 Å². The van der Waals surface area contributed by atoms with E-state index in [1.807, 2.05) is 0 Å². The van der Waals surface area contributed by atoms with Crippen LogP contribution in [0.25, 0.3) is 0 Å². The molecule has 2 aromatic heterocycles. The minimum atomic E-state index is -3.81. The number of hydrogen-bond donors (Lipinski definition) is 2. The summed E-state index contributed by atoms with van der Waals surface area (Å²) in [6.45, 7) is -0.353. The third-order valence-corrected chi connectivity index (χ3v) is 3.94. The summed E-state index contributed by atoms with van der Waals surface area (Å²) >= 11 is 3.18. The number of rotatable bonds is 4. The highest BCUT2D eigenvalue weighted by Gasteiger charge is 2.19. The number of sulfonamides is 1. The van der Waals surface area contributed by atoms with Crippen LogP contribution in [0.1, 0.15) is 5.76 Å². The van der Waals surface area contributed by atoms with Gasteiger partial charge >= 0.3 is 0 Å². The molecule has 0 saturated carbocycles. The Balaban J connectivity index is 2.30. The molecule has 0 amide bonds. The second kappa shape index (κ2) is 5.09. The number of pyridine rings is 1. The van der Waals surface area contributed by atoms with Crippen molar-refractivity contribution in [2.75, 3.05) is 4.72 Å². The number of aliphatic hydroxyl groups excluding tert-OH is 1. The average molecular weight is 333 g/mol. The van der Waals surface area contributed by atoms with Crippen LogP contribution < -0.4 is 4.72 Å². The fraction of sp³-hybridized carbons (Fsp3) is 0.100. The molecule has 18 heavy (non-hydrogen) atoms. The molecule has 2 heterocycles. The van der Waals surface area contributed by atoms with Crippen molar-refractivity contribution in [3.05, 3.63) is 40.8 Å². The zero-order valence-corrected chi connectivity index (χ0v) is 11.4. The lowest BCUT2D eigenvalue weighted by molar-refractivity contribution is 0.236. The number of furan rings is 1. The van der Waals surface area contributed by atoms with E-state index in [4.69, 9.17) is 9.52 Å². The van der Waals surface area contributed by atoms with Crippen molar-refractivity contribution < 1.29 is 17.9 Å². The van der Waals surface area contributed by atoms with Crippen molar-refractivity contribution >= 4 is 31.6 Å². The molecule has 0 aliphatic heterocycles. The standard InChI is InChI=1S/C10H9BrN2O4S/c11-8-5-12-4-3-9(8)13-18(15,16)10-2-1-7(6-14)17-10/h1-5,14H,6H2,(H,12,13). The molecule has 0 saturated heterocycles. The summed E-state index contributed by atoms with van der Waals surface area (Å²) in [5, 5.41) is 8.57. The first-order valence-electron chi connectivity index (χ1n) is 4.85. The largest absolute Gasteiger partial charge is 0.445 e. The Morgan fingerprint density at radius 1 is 1.39 bits per heavy atom. The van der Waals surface area contributed by atoms with Gasteiger partial charge in [-0.1, -0.05) is 0 Å². The minimum absolute atomic E-state index is 0.184. The van der Waals surface area contributed by atoms with Gasteiger partial charge < -0.3 is 9.52 Å². The Morgan fingerprint density at radius 3 is 2.78 bits per heavy atom. The van der Waals surface area contributed by atoms with E-state index in [0.29, 0.717) is 10.2 Å². The smallest absolute Gasteiger partial charge is 0.295 e. The first kappa shape index (κ1) is 13.1. The molecular weight excluding hydrogens is 324 g/mol. The Labute approximate surface area is 112 Å². The van der Waals surface area contributed by atoms with Crippen LogP contribution in [0.4, 0.5) is 5.69 Å². The van der Waals surface area contributed by atoms with E-state index in [2.05, 4.69) is 25.6 Å². The quantitative estimate of drug-likeness (QED) is 0.889. The number of halogens is 1. The predicted octanol–water partition coefficient (Wildman–Crippen LogP) is 1.73. The molecule has 0 fully saturated rings. The molecular formula is C10H9BrN2O4S. The van der Waals surface area contributed by atoms with Crippen molar-refractivity contribution in [3.63, 3.8) is 0 Å². The molecule has 96 valence electrons. The van der Waals surface area contributed by atoms with Crippen LogP contribution in [0.2, 0.25) is 0 Å². The highest BCUT2D eigenvalue weighted by atomic mass is 79.9. The lowest BCUT2D eigenvalue weighted by atomic mass is 10.4. The first-order chi connectivity index (χ1) is 8.53. The summed E-state index contributed by atoms with van der Waals surface area (Å²) in [7, 11) is -3.81. The van der Waals surface area contributed by atoms with Gasteiger partial charge in [0.2, 0.25) is 5.09 Å². The fourth-order valence-electron chi connectivity index (χ4n) is 1.24. The summed E-state index contributed by atoms with van der Waals surface area (Å²) in [5.74, 6) is 0.184. The van der Waals surface area contributed by atoms with Crippen LogP contribution >= 0.6 is 15.9 Å². The number of aromatic nitrogens is 1. The average Bonchev–Trinajstić information content (AvgIpc) is 2.81. The van der Waals surface area contributed by atoms with Crippen molar-refractivity contribution in [2.24, 2.45) is 0 Å². The van der Waals surface area contributed by atoms with E-state index in [1.165, 1.54) is 30.6 Å². The third kappa shape index (κ3) is 2.71. The number of nitrogens with zero attached hydrogens (tertiary/aromatic N) is 1. The molecule has 2 rings (SSSR count). The van der Waals surface area contributed by atoms with Gasteiger partial charge in [0.1, 0.15) is 12.4 Å². The second-order valence-corrected chi connectivity index (χ2v) is 5.81. The summed E-state index contributed by atoms with van der Waals surface area (Å²) in [4.78, 5) is 3.83. The molecule has 0 spiro atoms. The maximum Gasteiger partial charge on any atom is 0.295 e. The fourth-order valence-corrected chi connectivity index (χ4v) is 2.75. The molecule has 6 nitrogen and oxygen atoms in total. The number of aliphatic hydroxyl groups is 1. The molecule has 0 aliphatic rings. The number of hydrogen-bond acceptors (Lipinski definition) is 5. The zero-order valence-electron chi connectivity index (χ0n) is 9.00. The second-order valence-electron chi connectivity index (χ2n) is 3.34. The van der Waals surface area contributed by atoms with E-state index in [-0.39, 0.29) is 17.5 Å². The van der Waals surface area contributed by atoms with E-state index >= 15 is 0 Å². The minimum Gasteiger partial charge on any atom is -0.445 e. The van der Waals surface area contributed by atoms with E-state index in [0.717, 1.165) is 0 Å². The van der Waals surface area contributed by atoms with Gasteiger partial charge in [-0.2, -0.15) is 8.42 Å². The lowest BCUT2D eigenvalue weighted by Crippen LogP contribution is -2.12. The SMILES string of the molecule is O=S(=O)(Nc1ccncc1Br)c1ccc(CO)o1. The van der Waals surface area contributed by atoms with Gasteiger partial charge in [0.05, 0.1) is 10.2 Å². The van der Waals surface area contributed by atoms with Gasteiger partial charge in [0.25, 0.3) is 10.0 Å². The number of nitrogens with one attached hydrogen (secondary N) is 1. The molecule has 8 heteroatoms. The van der Waals surface area contributed by atoms with Crippen LogP contribution in [0, 0.1) is 0 Å². The predicted molar refractivity (Wildman–Crippen MR) is 67.4 cm³/mol. The summed E-state index contributed by atoms with van der Waals surface area (Å²) in [5.41, 5.74) is 0.354. The van der Waals surface area contributed by atoms with Crippen LogP contribution in [-0.4, -0.2) is 18.5 Å². The normalized spacial score (nSPS) is 11.4. The van der Waals surface area contributed by atoms with Crippen LogP contribution in [0.5, 0.6) is 0 Å². The molecule has 0 radical (unpaired) electrons. The van der Waals surface area contributed by atoms with Crippen molar-refractivity contribution in [2.45, 2.75) is 11.7 Å². The molecule has 0 bridgehead atoms.